The maximum Gasteiger partial charge on any atom is 0.00199 e. The summed E-state index contributed by atoms with van der Waals surface area (Å²) in [5.41, 5.74) is 8.56. The minimum Gasteiger partial charge on any atom is -0.330 e. The summed E-state index contributed by atoms with van der Waals surface area (Å²) in [5.74, 6) is 3.87. The second-order valence-electron chi connectivity index (χ2n) is 4.04. The Morgan fingerprint density at radius 2 is 2.29 bits per heavy atom. The van der Waals surface area contributed by atoms with E-state index in [2.05, 4.69) is 31.2 Å². The smallest absolute Gasteiger partial charge is 0.00199 e. The zero-order chi connectivity index (χ0) is 9.97. The first-order valence-corrected chi connectivity index (χ1v) is 6.34. The molecule has 1 heterocycles. The van der Waals surface area contributed by atoms with Gasteiger partial charge in [0, 0.05) is 17.4 Å². The molecule has 1 aliphatic heterocycles. The molecule has 0 bridgehead atoms. The zero-order valence-corrected chi connectivity index (χ0v) is 9.39. The van der Waals surface area contributed by atoms with Gasteiger partial charge in [-0.1, -0.05) is 31.2 Å². The van der Waals surface area contributed by atoms with Crippen LogP contribution in [0.5, 0.6) is 0 Å². The Morgan fingerprint density at radius 3 is 2.86 bits per heavy atom. The predicted molar refractivity (Wildman–Crippen MR) is 64.0 cm³/mol. The number of rotatable bonds is 3. The molecule has 76 valence electrons. The van der Waals surface area contributed by atoms with Crippen molar-refractivity contribution < 1.29 is 0 Å². The minimum atomic E-state index is 0.489. The first kappa shape index (κ1) is 10.1. The molecule has 1 aromatic carbocycles. The molecule has 1 aromatic rings. The van der Waals surface area contributed by atoms with Crippen LogP contribution in [0, 0.1) is 0 Å². The first-order valence-electron chi connectivity index (χ1n) is 5.19. The van der Waals surface area contributed by atoms with Gasteiger partial charge in [-0.05, 0) is 23.6 Å². The zero-order valence-electron chi connectivity index (χ0n) is 8.57. The number of thioether (sulfide) groups is 1. The molecule has 0 aliphatic carbocycles. The molecule has 1 nitrogen and oxygen atoms in total. The fourth-order valence-electron chi connectivity index (χ4n) is 1.68. The molecule has 1 unspecified atom stereocenters. The highest BCUT2D eigenvalue weighted by Crippen LogP contribution is 2.34. The van der Waals surface area contributed by atoms with Crippen LogP contribution in [0.4, 0.5) is 0 Å². The topological polar surface area (TPSA) is 26.0 Å². The third-order valence-corrected chi connectivity index (χ3v) is 4.22. The first-order chi connectivity index (χ1) is 6.81. The van der Waals surface area contributed by atoms with Gasteiger partial charge in [0.25, 0.3) is 0 Å². The average Bonchev–Trinajstić information content (AvgIpc) is 2.14. The summed E-state index contributed by atoms with van der Waals surface area (Å²) in [5, 5.41) is 0. The van der Waals surface area contributed by atoms with Crippen LogP contribution in [-0.2, 0) is 0 Å². The van der Waals surface area contributed by atoms with Gasteiger partial charge in [0.1, 0.15) is 0 Å². The average molecular weight is 207 g/mol. The molecule has 2 rings (SSSR count). The second-order valence-corrected chi connectivity index (χ2v) is 5.12. The molecule has 1 aliphatic rings. The van der Waals surface area contributed by atoms with Crippen molar-refractivity contribution in [2.45, 2.75) is 18.8 Å². The van der Waals surface area contributed by atoms with Gasteiger partial charge in [0.15, 0.2) is 0 Å². The highest BCUT2D eigenvalue weighted by molar-refractivity contribution is 8.00. The van der Waals surface area contributed by atoms with Crippen molar-refractivity contribution in [1.82, 2.24) is 0 Å². The van der Waals surface area contributed by atoms with Crippen molar-refractivity contribution in [2.24, 2.45) is 5.73 Å². The largest absolute Gasteiger partial charge is 0.330 e. The van der Waals surface area contributed by atoms with Gasteiger partial charge in [-0.2, -0.15) is 11.8 Å². The molecule has 2 N–H and O–H groups in total. The Kier molecular flexibility index (Phi) is 3.14. The Bertz CT molecular complexity index is 287. The van der Waals surface area contributed by atoms with Crippen LogP contribution in [-0.4, -0.2) is 18.1 Å². The van der Waals surface area contributed by atoms with Gasteiger partial charge in [0.2, 0.25) is 0 Å². The van der Waals surface area contributed by atoms with Crippen LogP contribution in [0.25, 0.3) is 0 Å². The van der Waals surface area contributed by atoms with Crippen LogP contribution in [0.3, 0.4) is 0 Å². The highest BCUT2D eigenvalue weighted by Gasteiger charge is 2.20. The normalized spacial score (nSPS) is 19.0. The van der Waals surface area contributed by atoms with Crippen LogP contribution < -0.4 is 5.73 Å². The SMILES string of the molecule is CC(CN)c1cccc(C2CSC2)c1. The number of hydrogen-bond donors (Lipinski definition) is 1. The number of nitrogens with two attached hydrogens (primary N) is 1. The molecular weight excluding hydrogens is 190 g/mol. The maximum atomic E-state index is 5.67. The summed E-state index contributed by atoms with van der Waals surface area (Å²) in [6.07, 6.45) is 0. The molecule has 14 heavy (non-hydrogen) atoms. The number of hydrogen-bond acceptors (Lipinski definition) is 2. The van der Waals surface area contributed by atoms with Crippen molar-refractivity contribution in [3.63, 3.8) is 0 Å². The van der Waals surface area contributed by atoms with E-state index >= 15 is 0 Å². The lowest BCUT2D eigenvalue weighted by Gasteiger charge is -2.26. The Morgan fingerprint density at radius 1 is 1.50 bits per heavy atom. The van der Waals surface area contributed by atoms with Crippen LogP contribution in [0.1, 0.15) is 29.9 Å². The summed E-state index contributed by atoms with van der Waals surface area (Å²) in [6.45, 7) is 2.93. The van der Waals surface area contributed by atoms with E-state index in [1.165, 1.54) is 22.6 Å². The lowest BCUT2D eigenvalue weighted by molar-refractivity contribution is 0.766. The van der Waals surface area contributed by atoms with Crippen molar-refractivity contribution >= 4 is 11.8 Å². The van der Waals surface area contributed by atoms with Crippen molar-refractivity contribution in [3.05, 3.63) is 35.4 Å². The van der Waals surface area contributed by atoms with E-state index in [1.54, 1.807) is 0 Å². The lowest BCUT2D eigenvalue weighted by Crippen LogP contribution is -2.16. The molecule has 0 aromatic heterocycles. The van der Waals surface area contributed by atoms with Gasteiger partial charge in [0.05, 0.1) is 0 Å². The van der Waals surface area contributed by atoms with E-state index < -0.39 is 0 Å². The van der Waals surface area contributed by atoms with E-state index in [1.807, 2.05) is 11.8 Å². The van der Waals surface area contributed by atoms with Gasteiger partial charge in [-0.15, -0.1) is 0 Å². The Hall–Kier alpha value is -0.470. The minimum absolute atomic E-state index is 0.489. The van der Waals surface area contributed by atoms with Gasteiger partial charge < -0.3 is 5.73 Å². The van der Waals surface area contributed by atoms with E-state index in [0.29, 0.717) is 5.92 Å². The predicted octanol–water partition coefficient (Wildman–Crippen LogP) is 2.58. The van der Waals surface area contributed by atoms with Crippen molar-refractivity contribution in [1.29, 1.82) is 0 Å². The second kappa shape index (κ2) is 4.37. The van der Waals surface area contributed by atoms with Gasteiger partial charge >= 0.3 is 0 Å². The lowest BCUT2D eigenvalue weighted by atomic mass is 9.94. The van der Waals surface area contributed by atoms with E-state index in [4.69, 9.17) is 5.73 Å². The molecule has 0 saturated carbocycles. The Balaban J connectivity index is 2.17. The van der Waals surface area contributed by atoms with E-state index in [-0.39, 0.29) is 0 Å². The van der Waals surface area contributed by atoms with Gasteiger partial charge in [-0.25, -0.2) is 0 Å². The summed E-state index contributed by atoms with van der Waals surface area (Å²) in [6, 6.07) is 8.94. The van der Waals surface area contributed by atoms with Gasteiger partial charge in [-0.3, -0.25) is 0 Å². The molecule has 1 atom stereocenters. The molecule has 0 radical (unpaired) electrons. The monoisotopic (exact) mass is 207 g/mol. The molecule has 0 amide bonds. The summed E-state index contributed by atoms with van der Waals surface area (Å²) in [4.78, 5) is 0. The molecule has 1 saturated heterocycles. The molecule has 1 fully saturated rings. The molecule has 2 heteroatoms. The maximum absolute atomic E-state index is 5.67. The summed E-state index contributed by atoms with van der Waals surface area (Å²) in [7, 11) is 0. The quantitative estimate of drug-likeness (QED) is 0.824. The standard InChI is InChI=1S/C12H17NS/c1-9(6-13)10-3-2-4-11(5-10)12-7-14-8-12/h2-5,9,12H,6-8,13H2,1H3. The van der Waals surface area contributed by atoms with E-state index in [0.717, 1.165) is 12.5 Å². The third-order valence-electron chi connectivity index (χ3n) is 2.94. The third kappa shape index (κ3) is 1.96. The molecule has 0 spiro atoms. The van der Waals surface area contributed by atoms with Crippen molar-refractivity contribution in [2.75, 3.05) is 18.1 Å². The van der Waals surface area contributed by atoms with Crippen LogP contribution in [0.2, 0.25) is 0 Å². The van der Waals surface area contributed by atoms with E-state index in [9.17, 15) is 0 Å². The fraction of sp³-hybridized carbons (Fsp3) is 0.500. The Labute approximate surface area is 90.1 Å². The van der Waals surface area contributed by atoms with Crippen LogP contribution in [0.15, 0.2) is 24.3 Å². The molecular formula is C12H17NS. The summed E-state index contributed by atoms with van der Waals surface area (Å²) >= 11 is 2.04. The van der Waals surface area contributed by atoms with Crippen LogP contribution >= 0.6 is 11.8 Å². The fourth-order valence-corrected chi connectivity index (χ4v) is 2.54. The number of benzene rings is 1. The van der Waals surface area contributed by atoms with Crippen molar-refractivity contribution in [3.8, 4) is 0 Å². The summed E-state index contributed by atoms with van der Waals surface area (Å²) < 4.78 is 0. The highest BCUT2D eigenvalue weighted by atomic mass is 32.2.